The van der Waals surface area contributed by atoms with Crippen molar-refractivity contribution in [3.63, 3.8) is 0 Å². The molecule has 1 aromatic heterocycles. The zero-order chi connectivity index (χ0) is 17.3. The molecule has 124 valence electrons. The van der Waals surface area contributed by atoms with E-state index < -0.39 is 0 Å². The van der Waals surface area contributed by atoms with Crippen LogP contribution in [0.4, 0.5) is 0 Å². The van der Waals surface area contributed by atoms with Crippen LogP contribution in [-0.4, -0.2) is 32.2 Å². The first-order valence-corrected chi connectivity index (χ1v) is 7.81. The minimum atomic E-state index is -0.297. The number of benzene rings is 2. The molecule has 0 bridgehead atoms. The summed E-state index contributed by atoms with van der Waals surface area (Å²) in [5, 5.41) is 6.21. The van der Waals surface area contributed by atoms with Crippen molar-refractivity contribution >= 4 is 16.7 Å². The molecule has 24 heavy (non-hydrogen) atoms. The largest absolute Gasteiger partial charge is 0.345 e. The Bertz CT molecular complexity index is 936. The van der Waals surface area contributed by atoms with Gasteiger partial charge in [0.25, 0.3) is 0 Å². The van der Waals surface area contributed by atoms with Crippen LogP contribution in [0.5, 0.6) is 0 Å². The molecule has 0 N–H and O–H groups in total. The lowest BCUT2D eigenvalue weighted by atomic mass is 9.99. The van der Waals surface area contributed by atoms with E-state index >= 15 is 0 Å². The molecule has 0 spiro atoms. The van der Waals surface area contributed by atoms with Crippen LogP contribution in [0.1, 0.15) is 18.5 Å². The molecule has 0 radical (unpaired) electrons. The highest BCUT2D eigenvalue weighted by molar-refractivity contribution is 5.86. The van der Waals surface area contributed by atoms with Gasteiger partial charge in [-0.1, -0.05) is 42.5 Å². The lowest BCUT2D eigenvalue weighted by Crippen LogP contribution is -2.36. The summed E-state index contributed by atoms with van der Waals surface area (Å²) in [6, 6.07) is 14.1. The summed E-state index contributed by atoms with van der Waals surface area (Å²) < 4.78 is 2.52. The second-order valence-corrected chi connectivity index (χ2v) is 5.93. The predicted octanol–water partition coefficient (Wildman–Crippen LogP) is 1.95. The van der Waals surface area contributed by atoms with E-state index in [0.29, 0.717) is 0 Å². The molecule has 1 unspecified atom stereocenters. The fourth-order valence-corrected chi connectivity index (χ4v) is 2.81. The van der Waals surface area contributed by atoms with E-state index in [2.05, 4.69) is 23.3 Å². The summed E-state index contributed by atoms with van der Waals surface area (Å²) in [5.41, 5.74) is 0.784. The molecule has 0 aliphatic carbocycles. The Labute approximate surface area is 139 Å². The fourth-order valence-electron chi connectivity index (χ4n) is 2.81. The number of hydrogen-bond acceptors (Lipinski definition) is 3. The Morgan fingerprint density at radius 2 is 1.92 bits per heavy atom. The quantitative estimate of drug-likeness (QED) is 0.737. The summed E-state index contributed by atoms with van der Waals surface area (Å²) in [4.78, 5) is 26.0. The normalized spacial score (nSPS) is 12.3. The van der Waals surface area contributed by atoms with Crippen molar-refractivity contribution in [2.24, 2.45) is 7.05 Å². The van der Waals surface area contributed by atoms with Crippen molar-refractivity contribution in [3.05, 3.63) is 64.8 Å². The predicted molar refractivity (Wildman–Crippen MR) is 92.6 cm³/mol. The van der Waals surface area contributed by atoms with Gasteiger partial charge < -0.3 is 4.90 Å². The summed E-state index contributed by atoms with van der Waals surface area (Å²) >= 11 is 0. The molecule has 1 atom stereocenters. The third-order valence-electron chi connectivity index (χ3n) is 4.42. The highest BCUT2D eigenvalue weighted by atomic mass is 16.2. The SMILES string of the molecule is CC(c1cccc2ccccc12)N(C)C(=O)Cn1ncn(C)c1=O. The standard InChI is InChI=1S/C18H20N4O2/c1-13(15-10-6-8-14-7-4-5-9-16(14)15)21(3)17(23)11-22-18(24)20(2)12-19-22/h4-10,12-13H,11H2,1-3H3. The molecule has 0 fully saturated rings. The lowest BCUT2D eigenvalue weighted by Gasteiger charge is -2.26. The van der Waals surface area contributed by atoms with Gasteiger partial charge in [-0.2, -0.15) is 5.10 Å². The van der Waals surface area contributed by atoms with E-state index in [1.807, 2.05) is 31.2 Å². The zero-order valence-corrected chi connectivity index (χ0v) is 14.0. The van der Waals surface area contributed by atoms with Gasteiger partial charge in [0.2, 0.25) is 5.91 Å². The van der Waals surface area contributed by atoms with E-state index in [-0.39, 0.29) is 24.2 Å². The van der Waals surface area contributed by atoms with Crippen molar-refractivity contribution in [1.29, 1.82) is 0 Å². The average Bonchev–Trinajstić information content (AvgIpc) is 2.92. The summed E-state index contributed by atoms with van der Waals surface area (Å²) in [7, 11) is 3.36. The Kier molecular flexibility index (Phi) is 4.20. The zero-order valence-electron chi connectivity index (χ0n) is 14.0. The topological polar surface area (TPSA) is 60.1 Å². The Morgan fingerprint density at radius 3 is 2.62 bits per heavy atom. The molecule has 2 aromatic carbocycles. The van der Waals surface area contributed by atoms with E-state index in [4.69, 9.17) is 0 Å². The molecule has 3 aromatic rings. The second-order valence-electron chi connectivity index (χ2n) is 5.93. The van der Waals surface area contributed by atoms with Crippen LogP contribution >= 0.6 is 0 Å². The number of aromatic nitrogens is 3. The van der Waals surface area contributed by atoms with Crippen LogP contribution in [0.25, 0.3) is 10.8 Å². The highest BCUT2D eigenvalue weighted by Gasteiger charge is 2.20. The first-order chi connectivity index (χ1) is 11.5. The Hall–Kier alpha value is -2.89. The number of fused-ring (bicyclic) bond motifs is 1. The van der Waals surface area contributed by atoms with Gasteiger partial charge in [-0.25, -0.2) is 9.48 Å². The maximum Gasteiger partial charge on any atom is 0.345 e. The van der Waals surface area contributed by atoms with Gasteiger partial charge in [-0.3, -0.25) is 9.36 Å². The number of carbonyl (C=O) groups excluding carboxylic acids is 1. The van der Waals surface area contributed by atoms with Crippen molar-refractivity contribution < 1.29 is 4.79 Å². The monoisotopic (exact) mass is 324 g/mol. The van der Waals surface area contributed by atoms with Crippen molar-refractivity contribution in [2.75, 3.05) is 7.05 Å². The van der Waals surface area contributed by atoms with Crippen LogP contribution in [0.15, 0.2) is 53.6 Å². The van der Waals surface area contributed by atoms with Gasteiger partial charge in [-0.05, 0) is 23.3 Å². The second kappa shape index (κ2) is 6.31. The van der Waals surface area contributed by atoms with Crippen LogP contribution in [-0.2, 0) is 18.4 Å². The van der Waals surface area contributed by atoms with Crippen molar-refractivity contribution in [3.8, 4) is 0 Å². The first-order valence-electron chi connectivity index (χ1n) is 7.81. The maximum atomic E-state index is 12.5. The van der Waals surface area contributed by atoms with Gasteiger partial charge in [0, 0.05) is 14.1 Å². The number of hydrogen-bond donors (Lipinski definition) is 0. The lowest BCUT2D eigenvalue weighted by molar-refractivity contribution is -0.132. The maximum absolute atomic E-state index is 12.5. The van der Waals surface area contributed by atoms with Gasteiger partial charge in [-0.15, -0.1) is 0 Å². The molecule has 0 saturated carbocycles. The number of carbonyl (C=O) groups is 1. The minimum absolute atomic E-state index is 0.0642. The average molecular weight is 324 g/mol. The van der Waals surface area contributed by atoms with Crippen LogP contribution < -0.4 is 5.69 Å². The smallest absolute Gasteiger partial charge is 0.337 e. The molecular weight excluding hydrogens is 304 g/mol. The van der Waals surface area contributed by atoms with E-state index in [0.717, 1.165) is 16.3 Å². The molecule has 3 rings (SSSR count). The molecule has 6 nitrogen and oxygen atoms in total. The molecule has 1 amide bonds. The first kappa shape index (κ1) is 16.0. The Balaban J connectivity index is 1.85. The van der Waals surface area contributed by atoms with Crippen LogP contribution in [0, 0.1) is 0 Å². The van der Waals surface area contributed by atoms with Gasteiger partial charge in [0.05, 0.1) is 6.04 Å². The van der Waals surface area contributed by atoms with Crippen LogP contribution in [0.3, 0.4) is 0 Å². The van der Waals surface area contributed by atoms with Crippen molar-refractivity contribution in [2.45, 2.75) is 19.5 Å². The van der Waals surface area contributed by atoms with E-state index in [1.165, 1.54) is 15.6 Å². The van der Waals surface area contributed by atoms with E-state index in [9.17, 15) is 9.59 Å². The Morgan fingerprint density at radius 1 is 1.21 bits per heavy atom. The molecule has 0 aliphatic rings. The number of rotatable bonds is 4. The fraction of sp³-hybridized carbons (Fsp3) is 0.278. The van der Waals surface area contributed by atoms with E-state index in [1.54, 1.807) is 19.0 Å². The number of likely N-dealkylation sites (N-methyl/N-ethyl adjacent to an activating group) is 1. The summed E-state index contributed by atoms with van der Waals surface area (Å²) in [5.74, 6) is -0.156. The molecule has 0 saturated heterocycles. The van der Waals surface area contributed by atoms with Gasteiger partial charge >= 0.3 is 5.69 Å². The molecule has 1 heterocycles. The van der Waals surface area contributed by atoms with Crippen molar-refractivity contribution in [1.82, 2.24) is 19.2 Å². The third kappa shape index (κ3) is 2.82. The number of nitrogens with zero attached hydrogens (tertiary/aromatic N) is 4. The third-order valence-corrected chi connectivity index (χ3v) is 4.42. The number of amides is 1. The highest BCUT2D eigenvalue weighted by Crippen LogP contribution is 2.27. The van der Waals surface area contributed by atoms with Gasteiger partial charge in [0.15, 0.2) is 0 Å². The number of aryl methyl sites for hydroxylation is 1. The molecule has 6 heteroatoms. The van der Waals surface area contributed by atoms with Crippen LogP contribution in [0.2, 0.25) is 0 Å². The summed E-state index contributed by atoms with van der Waals surface area (Å²) in [6.07, 6.45) is 1.41. The van der Waals surface area contributed by atoms with Gasteiger partial charge in [0.1, 0.15) is 12.9 Å². The molecule has 0 aliphatic heterocycles. The minimum Gasteiger partial charge on any atom is -0.337 e. The summed E-state index contributed by atoms with van der Waals surface area (Å²) in [6.45, 7) is 1.92. The molecular formula is C18H20N4O2.